The molecule has 3 aromatic rings. The van der Waals surface area contributed by atoms with Crippen LogP contribution in [-0.2, 0) is 13.2 Å². The van der Waals surface area contributed by atoms with E-state index in [4.69, 9.17) is 4.74 Å². The number of non-ortho nitro benzene ring substituents is 1. The first-order chi connectivity index (χ1) is 14.6. The number of piperazine rings is 1. The second kappa shape index (κ2) is 8.73. The van der Waals surface area contributed by atoms with Crippen LogP contribution in [0.4, 0.5) is 11.4 Å². The standard InChI is InChI=1S/C22H26N4O4/c1-30-22-14-17(16-27)2-5-20(22)25-12-9-23(10-13-25)8-11-24-7-6-18-3-4-19(26(28)29)15-21(18)24/h2-7,14-15,27H,8-13,16H2,1H3. The number of hydrogen-bond donors (Lipinski definition) is 1. The molecule has 0 amide bonds. The number of nitro benzene ring substituents is 1. The largest absolute Gasteiger partial charge is 0.495 e. The van der Waals surface area contributed by atoms with E-state index in [1.165, 1.54) is 0 Å². The first-order valence-corrected chi connectivity index (χ1v) is 10.1. The zero-order valence-corrected chi connectivity index (χ0v) is 17.0. The summed E-state index contributed by atoms with van der Waals surface area (Å²) in [5.41, 5.74) is 2.92. The molecule has 1 aliphatic heterocycles. The van der Waals surface area contributed by atoms with Crippen molar-refractivity contribution in [2.24, 2.45) is 0 Å². The maximum Gasteiger partial charge on any atom is 0.271 e. The van der Waals surface area contributed by atoms with Crippen molar-refractivity contribution < 1.29 is 14.8 Å². The zero-order valence-electron chi connectivity index (χ0n) is 17.0. The van der Waals surface area contributed by atoms with Crippen LogP contribution in [0.5, 0.6) is 5.75 Å². The highest BCUT2D eigenvalue weighted by Gasteiger charge is 2.20. The molecule has 1 saturated heterocycles. The lowest BCUT2D eigenvalue weighted by molar-refractivity contribution is -0.384. The maximum atomic E-state index is 11.1. The lowest BCUT2D eigenvalue weighted by Gasteiger charge is -2.36. The number of fused-ring (bicyclic) bond motifs is 1. The second-order valence-electron chi connectivity index (χ2n) is 7.50. The molecule has 2 heterocycles. The molecule has 0 atom stereocenters. The molecule has 2 aromatic carbocycles. The molecule has 0 bridgehead atoms. The van der Waals surface area contributed by atoms with E-state index in [1.54, 1.807) is 25.3 Å². The minimum atomic E-state index is -0.350. The van der Waals surface area contributed by atoms with Gasteiger partial charge in [-0.25, -0.2) is 0 Å². The summed E-state index contributed by atoms with van der Waals surface area (Å²) >= 11 is 0. The number of nitro groups is 1. The van der Waals surface area contributed by atoms with Crippen molar-refractivity contribution in [2.45, 2.75) is 13.2 Å². The Morgan fingerprint density at radius 3 is 2.57 bits per heavy atom. The Morgan fingerprint density at radius 1 is 1.07 bits per heavy atom. The molecule has 4 rings (SSSR count). The van der Waals surface area contributed by atoms with Crippen LogP contribution in [0.1, 0.15) is 5.56 Å². The highest BCUT2D eigenvalue weighted by Crippen LogP contribution is 2.30. The minimum Gasteiger partial charge on any atom is -0.495 e. The predicted molar refractivity (Wildman–Crippen MR) is 116 cm³/mol. The van der Waals surface area contributed by atoms with Crippen LogP contribution in [0.3, 0.4) is 0 Å². The summed E-state index contributed by atoms with van der Waals surface area (Å²) in [4.78, 5) is 15.4. The van der Waals surface area contributed by atoms with Gasteiger partial charge < -0.3 is 19.3 Å². The zero-order chi connectivity index (χ0) is 21.1. The lowest BCUT2D eigenvalue weighted by atomic mass is 10.1. The van der Waals surface area contributed by atoms with Crippen LogP contribution >= 0.6 is 0 Å². The van der Waals surface area contributed by atoms with Crippen LogP contribution in [0.2, 0.25) is 0 Å². The molecule has 0 radical (unpaired) electrons. The van der Waals surface area contributed by atoms with Gasteiger partial charge in [0.25, 0.3) is 5.69 Å². The van der Waals surface area contributed by atoms with Crippen LogP contribution in [0, 0.1) is 10.1 Å². The fourth-order valence-corrected chi connectivity index (χ4v) is 4.02. The molecule has 0 spiro atoms. The highest BCUT2D eigenvalue weighted by molar-refractivity contribution is 5.82. The van der Waals surface area contributed by atoms with Gasteiger partial charge in [0.05, 0.1) is 29.8 Å². The van der Waals surface area contributed by atoms with Gasteiger partial charge in [0, 0.05) is 63.0 Å². The van der Waals surface area contributed by atoms with E-state index in [0.717, 1.165) is 67.2 Å². The summed E-state index contributed by atoms with van der Waals surface area (Å²) in [6, 6.07) is 12.8. The molecule has 158 valence electrons. The molecule has 8 heteroatoms. The van der Waals surface area contributed by atoms with E-state index >= 15 is 0 Å². The molecule has 30 heavy (non-hydrogen) atoms. The van der Waals surface area contributed by atoms with E-state index in [1.807, 2.05) is 30.5 Å². The van der Waals surface area contributed by atoms with Gasteiger partial charge in [-0.05, 0) is 29.8 Å². The number of hydrogen-bond acceptors (Lipinski definition) is 6. The molecule has 1 N–H and O–H groups in total. The number of aliphatic hydroxyl groups is 1. The van der Waals surface area contributed by atoms with Gasteiger partial charge in [-0.15, -0.1) is 0 Å². The Kier molecular flexibility index (Phi) is 5.87. The van der Waals surface area contributed by atoms with Gasteiger partial charge in [-0.2, -0.15) is 0 Å². The maximum absolute atomic E-state index is 11.1. The average Bonchev–Trinajstić information content (AvgIpc) is 3.19. The molecule has 0 unspecified atom stereocenters. The van der Waals surface area contributed by atoms with Crippen LogP contribution in [-0.4, -0.2) is 59.3 Å². The minimum absolute atomic E-state index is 0.00164. The van der Waals surface area contributed by atoms with Crippen molar-refractivity contribution in [2.75, 3.05) is 44.7 Å². The molecule has 1 fully saturated rings. The Hall–Kier alpha value is -3.10. The van der Waals surface area contributed by atoms with Crippen LogP contribution in [0.25, 0.3) is 10.9 Å². The van der Waals surface area contributed by atoms with E-state index in [9.17, 15) is 15.2 Å². The molecule has 1 aromatic heterocycles. The van der Waals surface area contributed by atoms with Crippen molar-refractivity contribution in [1.82, 2.24) is 9.47 Å². The fraction of sp³-hybridized carbons (Fsp3) is 0.364. The number of nitrogens with zero attached hydrogens (tertiary/aromatic N) is 4. The van der Waals surface area contributed by atoms with Gasteiger partial charge in [-0.1, -0.05) is 6.07 Å². The molecule has 8 nitrogen and oxygen atoms in total. The molecule has 1 aliphatic rings. The topological polar surface area (TPSA) is 84.0 Å². The van der Waals surface area contributed by atoms with E-state index in [-0.39, 0.29) is 17.2 Å². The Morgan fingerprint density at radius 2 is 1.87 bits per heavy atom. The Balaban J connectivity index is 1.37. The molecule has 0 saturated carbocycles. The average molecular weight is 410 g/mol. The van der Waals surface area contributed by atoms with Gasteiger partial charge >= 0.3 is 0 Å². The van der Waals surface area contributed by atoms with Gasteiger partial charge in [0.1, 0.15) is 5.75 Å². The van der Waals surface area contributed by atoms with E-state index in [0.29, 0.717) is 0 Å². The molecular formula is C22H26N4O4. The summed E-state index contributed by atoms with van der Waals surface area (Å²) in [6.07, 6.45) is 2.00. The van der Waals surface area contributed by atoms with Crippen molar-refractivity contribution in [3.8, 4) is 5.75 Å². The van der Waals surface area contributed by atoms with Crippen LogP contribution in [0.15, 0.2) is 48.7 Å². The normalized spacial score (nSPS) is 14.9. The van der Waals surface area contributed by atoms with Gasteiger partial charge in [0.2, 0.25) is 0 Å². The van der Waals surface area contributed by atoms with Gasteiger partial charge in [0.15, 0.2) is 0 Å². The summed E-state index contributed by atoms with van der Waals surface area (Å²) < 4.78 is 7.60. The van der Waals surface area contributed by atoms with E-state index < -0.39 is 0 Å². The smallest absolute Gasteiger partial charge is 0.271 e. The van der Waals surface area contributed by atoms with Crippen LogP contribution < -0.4 is 9.64 Å². The number of benzene rings is 2. The SMILES string of the molecule is COc1cc(CO)ccc1N1CCN(CCn2ccc3ccc([N+](=O)[O-])cc32)CC1. The summed E-state index contributed by atoms with van der Waals surface area (Å²) in [5, 5.41) is 21.4. The number of aliphatic hydroxyl groups excluding tert-OH is 1. The van der Waals surface area contributed by atoms with Crippen molar-refractivity contribution in [1.29, 1.82) is 0 Å². The van der Waals surface area contributed by atoms with Gasteiger partial charge in [-0.3, -0.25) is 15.0 Å². The predicted octanol–water partition coefficient (Wildman–Crippen LogP) is 2.87. The van der Waals surface area contributed by atoms with Crippen molar-refractivity contribution >= 4 is 22.3 Å². The summed E-state index contributed by atoms with van der Waals surface area (Å²) in [6.45, 7) is 5.34. The first kappa shape index (κ1) is 20.2. The van der Waals surface area contributed by atoms with Crippen molar-refractivity contribution in [3.05, 3.63) is 64.3 Å². The van der Waals surface area contributed by atoms with E-state index in [2.05, 4.69) is 14.4 Å². The third kappa shape index (κ3) is 4.10. The Bertz CT molecular complexity index is 1040. The van der Waals surface area contributed by atoms with Crippen molar-refractivity contribution in [3.63, 3.8) is 0 Å². The summed E-state index contributed by atoms with van der Waals surface area (Å²) in [5.74, 6) is 0.787. The number of anilines is 1. The molecule has 0 aliphatic carbocycles. The number of ether oxygens (including phenoxy) is 1. The highest BCUT2D eigenvalue weighted by atomic mass is 16.6. The number of methoxy groups -OCH3 is 1. The monoisotopic (exact) mass is 410 g/mol. The number of aromatic nitrogens is 1. The molecular weight excluding hydrogens is 384 g/mol. The third-order valence-corrected chi connectivity index (χ3v) is 5.77. The third-order valence-electron chi connectivity index (χ3n) is 5.77. The lowest BCUT2D eigenvalue weighted by Crippen LogP contribution is -2.47. The second-order valence-corrected chi connectivity index (χ2v) is 7.50. The first-order valence-electron chi connectivity index (χ1n) is 10.1. The summed E-state index contributed by atoms with van der Waals surface area (Å²) in [7, 11) is 1.65. The Labute approximate surface area is 175 Å². The quantitative estimate of drug-likeness (QED) is 0.476. The fourth-order valence-electron chi connectivity index (χ4n) is 4.02. The number of rotatable bonds is 7.